The zero-order valence-corrected chi connectivity index (χ0v) is 24.7. The van der Waals surface area contributed by atoms with Crippen molar-refractivity contribution in [1.29, 1.82) is 0 Å². The number of phosphoric acid groups is 1. The number of aryl methyl sites for hydroxylation is 1. The summed E-state index contributed by atoms with van der Waals surface area (Å²) in [7, 11) is -4.53. The van der Waals surface area contributed by atoms with E-state index in [-0.39, 0.29) is 48.2 Å². The highest BCUT2D eigenvalue weighted by Gasteiger charge is 2.50. The average molecular weight is 549 g/mol. The van der Waals surface area contributed by atoms with Crippen LogP contribution in [-0.4, -0.2) is 28.2 Å². The molecule has 0 radical (unpaired) electrons. The lowest BCUT2D eigenvalue weighted by Gasteiger charge is -2.33. The second-order valence-corrected chi connectivity index (χ2v) is 13.7. The van der Waals surface area contributed by atoms with Gasteiger partial charge in [0.2, 0.25) is 0 Å². The van der Waals surface area contributed by atoms with Gasteiger partial charge in [0.15, 0.2) is 5.60 Å². The van der Waals surface area contributed by atoms with Crippen LogP contribution in [0.4, 0.5) is 0 Å². The molecule has 0 aromatic heterocycles. The van der Waals surface area contributed by atoms with Crippen LogP contribution in [0, 0.1) is 11.3 Å². The van der Waals surface area contributed by atoms with E-state index in [1.807, 2.05) is 34.6 Å². The van der Waals surface area contributed by atoms with Gasteiger partial charge in [-0.05, 0) is 87.8 Å². The molecule has 1 aromatic carbocycles. The number of carbonyl (C=O) groups is 1. The van der Waals surface area contributed by atoms with Crippen LogP contribution in [0.1, 0.15) is 104 Å². The van der Waals surface area contributed by atoms with Gasteiger partial charge in [0.1, 0.15) is 11.5 Å². The third-order valence-electron chi connectivity index (χ3n) is 7.37. The quantitative estimate of drug-likeness (QED) is 0.133. The largest absolute Gasteiger partial charge is 0.507 e. The third kappa shape index (κ3) is 7.59. The molecule has 0 bridgehead atoms. The van der Waals surface area contributed by atoms with Crippen molar-refractivity contribution in [2.24, 2.45) is 11.3 Å². The standard InChI is InChI=1S/C30H45O7P/c1-8-11-22-17-25(31)27(24-16-21(4)12-13-23(24)20(2)3)26(18-22)36-28(32)30(14-9-10-15-30)37-38(33,34)35-19-29(5,6)7/h16-18,23-24,31H,2,8-15,19H2,1,3-7H3,(H,33,34)/t23-,24+/m0/s1. The molecule has 3 rings (SSSR count). The predicted octanol–water partition coefficient (Wildman–Crippen LogP) is 7.76. The molecular formula is C30H45O7P. The highest BCUT2D eigenvalue weighted by atomic mass is 31.2. The van der Waals surface area contributed by atoms with Gasteiger partial charge in [-0.15, -0.1) is 0 Å². The van der Waals surface area contributed by atoms with Gasteiger partial charge < -0.3 is 14.7 Å². The molecule has 0 spiro atoms. The summed E-state index contributed by atoms with van der Waals surface area (Å²) >= 11 is 0. The van der Waals surface area contributed by atoms with Gasteiger partial charge >= 0.3 is 13.8 Å². The Morgan fingerprint density at radius 3 is 2.47 bits per heavy atom. The van der Waals surface area contributed by atoms with Gasteiger partial charge in [0.25, 0.3) is 0 Å². The average Bonchev–Trinajstić information content (AvgIpc) is 3.26. The maximum absolute atomic E-state index is 13.8. The highest BCUT2D eigenvalue weighted by Crippen LogP contribution is 2.53. The number of benzene rings is 1. The number of carbonyl (C=O) groups excluding carboxylic acids is 1. The van der Waals surface area contributed by atoms with E-state index in [1.165, 1.54) is 5.57 Å². The first-order valence-corrected chi connectivity index (χ1v) is 15.2. The minimum Gasteiger partial charge on any atom is -0.507 e. The van der Waals surface area contributed by atoms with E-state index in [4.69, 9.17) is 13.8 Å². The van der Waals surface area contributed by atoms with E-state index in [0.717, 1.165) is 30.4 Å². The summed E-state index contributed by atoms with van der Waals surface area (Å²) in [5, 5.41) is 11.2. The van der Waals surface area contributed by atoms with Crippen LogP contribution in [0.2, 0.25) is 0 Å². The third-order valence-corrected chi connectivity index (χ3v) is 8.40. The molecule has 7 nitrogen and oxygen atoms in total. The van der Waals surface area contributed by atoms with Crippen LogP contribution < -0.4 is 4.74 Å². The smallest absolute Gasteiger partial charge is 0.473 e. The summed E-state index contributed by atoms with van der Waals surface area (Å²) in [4.78, 5) is 24.3. The highest BCUT2D eigenvalue weighted by molar-refractivity contribution is 7.47. The van der Waals surface area contributed by atoms with Crippen molar-refractivity contribution in [3.63, 3.8) is 0 Å². The molecule has 0 amide bonds. The zero-order chi connectivity index (χ0) is 28.3. The number of esters is 1. The molecule has 8 heteroatoms. The first-order chi connectivity index (χ1) is 17.7. The van der Waals surface area contributed by atoms with E-state index in [9.17, 15) is 19.4 Å². The molecule has 1 unspecified atom stereocenters. The zero-order valence-electron chi connectivity index (χ0n) is 23.8. The van der Waals surface area contributed by atoms with Crippen molar-refractivity contribution in [2.75, 3.05) is 6.61 Å². The Labute approximate surface area is 227 Å². The number of rotatable bonds is 10. The van der Waals surface area contributed by atoms with Crippen molar-refractivity contribution < 1.29 is 33.1 Å². The van der Waals surface area contributed by atoms with E-state index < -0.39 is 19.4 Å². The topological polar surface area (TPSA) is 102 Å². The minimum absolute atomic E-state index is 0.00134. The molecule has 1 saturated carbocycles. The van der Waals surface area contributed by atoms with Crippen molar-refractivity contribution >= 4 is 13.8 Å². The maximum Gasteiger partial charge on any atom is 0.473 e. The van der Waals surface area contributed by atoms with Crippen LogP contribution in [0.3, 0.4) is 0 Å². The summed E-state index contributed by atoms with van der Waals surface area (Å²) in [6.45, 7) is 15.9. The first kappa shape index (κ1) is 30.6. The Kier molecular flexibility index (Phi) is 9.73. The van der Waals surface area contributed by atoms with Crippen LogP contribution in [0.25, 0.3) is 0 Å². The number of allylic oxidation sites excluding steroid dienone is 3. The molecule has 0 saturated heterocycles. The second kappa shape index (κ2) is 12.1. The van der Waals surface area contributed by atoms with Gasteiger partial charge in [-0.1, -0.05) is 57.9 Å². The number of aromatic hydroxyl groups is 1. The Morgan fingerprint density at radius 2 is 1.89 bits per heavy atom. The van der Waals surface area contributed by atoms with Crippen LogP contribution in [0.15, 0.2) is 35.9 Å². The molecule has 0 aliphatic heterocycles. The SMILES string of the molecule is C=C(C)[C@@H]1CCC(C)=C[C@H]1c1c(O)cc(CCC)cc1OC(=O)C1(OP(=O)(O)OCC(C)(C)C)CCCC1. The molecule has 2 aliphatic rings. The van der Waals surface area contributed by atoms with Gasteiger partial charge in [-0.25, -0.2) is 9.36 Å². The second-order valence-electron chi connectivity index (χ2n) is 12.3. The molecule has 38 heavy (non-hydrogen) atoms. The van der Waals surface area contributed by atoms with E-state index in [2.05, 4.69) is 19.6 Å². The van der Waals surface area contributed by atoms with E-state index in [0.29, 0.717) is 24.8 Å². The first-order valence-electron chi connectivity index (χ1n) is 13.8. The predicted molar refractivity (Wildman–Crippen MR) is 149 cm³/mol. The molecule has 212 valence electrons. The number of phenols is 1. The molecular weight excluding hydrogens is 503 g/mol. The Morgan fingerprint density at radius 1 is 1.24 bits per heavy atom. The van der Waals surface area contributed by atoms with Gasteiger partial charge in [-0.2, -0.15) is 0 Å². The van der Waals surface area contributed by atoms with Gasteiger partial charge in [0, 0.05) is 11.5 Å². The van der Waals surface area contributed by atoms with Crippen LogP contribution in [-0.2, 0) is 24.8 Å². The monoisotopic (exact) mass is 548 g/mol. The number of ether oxygens (including phenoxy) is 1. The summed E-state index contributed by atoms with van der Waals surface area (Å²) in [5.74, 6) is -0.526. The Hall–Kier alpha value is -1.92. The Balaban J connectivity index is 2.00. The fourth-order valence-electron chi connectivity index (χ4n) is 5.42. The number of phenolic OH excluding ortho intramolecular Hbond substituents is 1. The van der Waals surface area contributed by atoms with Gasteiger partial charge in [-0.3, -0.25) is 9.05 Å². The molecule has 1 aromatic rings. The molecule has 3 atom stereocenters. The molecule has 1 fully saturated rings. The van der Waals surface area contributed by atoms with Crippen molar-refractivity contribution in [2.45, 2.75) is 104 Å². The number of hydrogen-bond acceptors (Lipinski definition) is 6. The molecule has 2 aliphatic carbocycles. The molecule has 2 N–H and O–H groups in total. The summed E-state index contributed by atoms with van der Waals surface area (Å²) in [6.07, 6.45) is 7.33. The van der Waals surface area contributed by atoms with E-state index in [1.54, 1.807) is 12.1 Å². The fourth-order valence-corrected chi connectivity index (χ4v) is 6.72. The van der Waals surface area contributed by atoms with Crippen LogP contribution in [0.5, 0.6) is 11.5 Å². The fraction of sp³-hybridized carbons (Fsp3) is 0.633. The summed E-state index contributed by atoms with van der Waals surface area (Å²) < 4.78 is 29.8. The maximum atomic E-state index is 13.8. The minimum atomic E-state index is -4.53. The number of phosphoric ester groups is 1. The molecule has 0 heterocycles. The van der Waals surface area contributed by atoms with Crippen molar-refractivity contribution in [3.05, 3.63) is 47.1 Å². The lowest BCUT2D eigenvalue weighted by atomic mass is 9.73. The summed E-state index contributed by atoms with van der Waals surface area (Å²) in [6, 6.07) is 3.55. The van der Waals surface area contributed by atoms with Crippen molar-refractivity contribution in [1.82, 2.24) is 0 Å². The van der Waals surface area contributed by atoms with Crippen molar-refractivity contribution in [3.8, 4) is 11.5 Å². The Bertz CT molecular complexity index is 1110. The van der Waals surface area contributed by atoms with Crippen LogP contribution >= 0.6 is 7.82 Å². The summed E-state index contributed by atoms with van der Waals surface area (Å²) in [5.41, 5.74) is 1.64. The lowest BCUT2D eigenvalue weighted by molar-refractivity contribution is -0.153. The van der Waals surface area contributed by atoms with Gasteiger partial charge in [0.05, 0.1) is 6.61 Å². The lowest BCUT2D eigenvalue weighted by Crippen LogP contribution is -2.41. The number of hydrogen-bond donors (Lipinski definition) is 2. The normalized spacial score (nSPS) is 23.0. The van der Waals surface area contributed by atoms with E-state index >= 15 is 0 Å².